The number of aromatic nitrogens is 2. The minimum Gasteiger partial charge on any atom is -0.466 e. The molecule has 8 nitrogen and oxygen atoms in total. The highest BCUT2D eigenvalue weighted by atomic mass is 32.2. The van der Waals surface area contributed by atoms with E-state index in [4.69, 9.17) is 4.74 Å². The Bertz CT molecular complexity index is 1440. The molecule has 0 aromatic carbocycles. The molecule has 1 unspecified atom stereocenters. The highest BCUT2D eigenvalue weighted by Crippen LogP contribution is 2.39. The van der Waals surface area contributed by atoms with Gasteiger partial charge in [0.05, 0.1) is 24.3 Å². The van der Waals surface area contributed by atoms with E-state index in [-0.39, 0.29) is 40.4 Å². The van der Waals surface area contributed by atoms with Crippen molar-refractivity contribution < 1.29 is 31.1 Å². The third-order valence-electron chi connectivity index (χ3n) is 6.69. The van der Waals surface area contributed by atoms with Crippen molar-refractivity contribution in [3.05, 3.63) is 72.0 Å². The van der Waals surface area contributed by atoms with Crippen molar-refractivity contribution in [2.24, 2.45) is 5.92 Å². The molecule has 1 N–H and O–H groups in total. The third-order valence-corrected chi connectivity index (χ3v) is 7.95. The number of rotatable bonds is 9. The lowest BCUT2D eigenvalue weighted by Crippen LogP contribution is -2.37. The van der Waals surface area contributed by atoms with E-state index < -0.39 is 21.8 Å². The first-order valence-electron chi connectivity index (χ1n) is 13.0. The Kier molecular flexibility index (Phi) is 8.97. The van der Waals surface area contributed by atoms with Gasteiger partial charge in [0.25, 0.3) is 10.0 Å². The molecule has 1 aliphatic carbocycles. The van der Waals surface area contributed by atoms with Crippen molar-refractivity contribution in [3.63, 3.8) is 0 Å². The molecule has 0 radical (unpaired) electrons. The van der Waals surface area contributed by atoms with Crippen LogP contribution in [0, 0.1) is 5.92 Å². The number of allylic oxidation sites excluding steroid dienone is 5. The Morgan fingerprint density at radius 2 is 1.98 bits per heavy atom. The van der Waals surface area contributed by atoms with Crippen LogP contribution in [-0.2, 0) is 25.7 Å². The van der Waals surface area contributed by atoms with Gasteiger partial charge < -0.3 is 9.64 Å². The summed E-state index contributed by atoms with van der Waals surface area (Å²) < 4.78 is 75.3. The van der Waals surface area contributed by atoms with Crippen molar-refractivity contribution in [2.75, 3.05) is 29.3 Å². The van der Waals surface area contributed by atoms with Crippen molar-refractivity contribution in [1.82, 2.24) is 9.97 Å². The molecule has 1 saturated heterocycles. The van der Waals surface area contributed by atoms with Gasteiger partial charge in [-0.25, -0.2) is 9.97 Å². The average Bonchev–Trinajstić information content (AvgIpc) is 2.92. The van der Waals surface area contributed by atoms with E-state index in [1.54, 1.807) is 31.2 Å². The van der Waals surface area contributed by atoms with E-state index in [2.05, 4.69) is 21.3 Å². The largest absolute Gasteiger partial charge is 0.466 e. The molecule has 214 valence electrons. The number of hydrogen-bond acceptors (Lipinski definition) is 7. The lowest BCUT2D eigenvalue weighted by atomic mass is 9.92. The lowest BCUT2D eigenvalue weighted by molar-refractivity contribution is -0.144. The first-order chi connectivity index (χ1) is 19.0. The molecule has 1 fully saturated rings. The summed E-state index contributed by atoms with van der Waals surface area (Å²) in [6.07, 6.45) is 3.27. The van der Waals surface area contributed by atoms with Crippen LogP contribution in [0.25, 0.3) is 5.57 Å². The number of hydrogen-bond donors (Lipinski definition) is 1. The van der Waals surface area contributed by atoms with Crippen LogP contribution in [0.15, 0.2) is 65.7 Å². The second-order valence-corrected chi connectivity index (χ2v) is 11.2. The zero-order valence-corrected chi connectivity index (χ0v) is 22.9. The van der Waals surface area contributed by atoms with E-state index in [0.717, 1.165) is 25.0 Å². The van der Waals surface area contributed by atoms with Gasteiger partial charge in [-0.1, -0.05) is 30.9 Å². The van der Waals surface area contributed by atoms with Gasteiger partial charge in [0.1, 0.15) is 11.6 Å². The second kappa shape index (κ2) is 12.2. The highest BCUT2D eigenvalue weighted by molar-refractivity contribution is 7.92. The van der Waals surface area contributed by atoms with Gasteiger partial charge >= 0.3 is 12.1 Å². The zero-order chi connectivity index (χ0) is 28.9. The number of carbonyl (C=O) groups excluding carboxylic acids is 1. The lowest BCUT2D eigenvalue weighted by Gasteiger charge is -2.33. The minimum atomic E-state index is -4.69. The smallest absolute Gasteiger partial charge is 0.418 e. The summed E-state index contributed by atoms with van der Waals surface area (Å²) in [7, 11) is -4.29. The maximum absolute atomic E-state index is 13.8. The van der Waals surface area contributed by atoms with Crippen molar-refractivity contribution >= 4 is 33.2 Å². The maximum Gasteiger partial charge on any atom is 0.418 e. The van der Waals surface area contributed by atoms with E-state index in [1.807, 2.05) is 4.90 Å². The van der Waals surface area contributed by atoms with Gasteiger partial charge in [-0.2, -0.15) is 21.6 Å². The molecular formula is C28H31F3N4O4S. The van der Waals surface area contributed by atoms with Crippen LogP contribution in [0.1, 0.15) is 50.3 Å². The van der Waals surface area contributed by atoms with Gasteiger partial charge in [0, 0.05) is 18.7 Å². The molecule has 3 heterocycles. The Morgan fingerprint density at radius 3 is 2.70 bits per heavy atom. The molecular weight excluding hydrogens is 545 g/mol. The standard InChI is InChI=1S/C28H31F3N4O4S/c1-3-20-10-5-6-11-21(20)27-22(28(29,30)31)14-15-23(32-27)34-40(37,38)25-13-7-12-24(33-25)35-16-8-9-19(18-35)17-26(36)39-4-2/h3,7,10-15,19H,1,4-6,8-9,16-18H2,2H3,(H,32,34). The van der Waals surface area contributed by atoms with Crippen LogP contribution in [0.5, 0.6) is 0 Å². The topological polar surface area (TPSA) is 101 Å². The predicted octanol–water partition coefficient (Wildman–Crippen LogP) is 5.76. The first-order valence-corrected chi connectivity index (χ1v) is 14.5. The SMILES string of the molecule is C=CC1=CCCC=C1c1nc(NS(=O)(=O)c2cccc(N3CCCC(CC(=O)OCC)C3)n2)ccc1C(F)(F)F. The monoisotopic (exact) mass is 576 g/mol. The van der Waals surface area contributed by atoms with E-state index >= 15 is 0 Å². The number of anilines is 2. The Balaban J connectivity index is 1.59. The fourth-order valence-electron chi connectivity index (χ4n) is 4.89. The summed E-state index contributed by atoms with van der Waals surface area (Å²) in [6.45, 7) is 6.89. The first kappa shape index (κ1) is 29.3. The van der Waals surface area contributed by atoms with E-state index in [9.17, 15) is 26.4 Å². The summed E-state index contributed by atoms with van der Waals surface area (Å²) in [5.74, 6) is -0.0690. The Hall–Kier alpha value is -3.67. The molecule has 0 amide bonds. The molecule has 1 atom stereocenters. The number of pyridine rings is 2. The van der Waals surface area contributed by atoms with E-state index in [1.165, 1.54) is 12.1 Å². The minimum absolute atomic E-state index is 0.0476. The summed E-state index contributed by atoms with van der Waals surface area (Å²) in [4.78, 5) is 22.3. The number of alkyl halides is 3. The zero-order valence-electron chi connectivity index (χ0n) is 22.1. The predicted molar refractivity (Wildman–Crippen MR) is 146 cm³/mol. The molecule has 4 rings (SSSR count). The maximum atomic E-state index is 13.8. The summed E-state index contributed by atoms with van der Waals surface area (Å²) in [5, 5.41) is -0.302. The number of ether oxygens (including phenoxy) is 1. The highest BCUT2D eigenvalue weighted by Gasteiger charge is 2.36. The summed E-state index contributed by atoms with van der Waals surface area (Å²) >= 11 is 0. The Labute approximate surface area is 231 Å². The normalized spacial score (nSPS) is 18.0. The number of piperidine rings is 1. The third kappa shape index (κ3) is 6.90. The quantitative estimate of drug-likeness (QED) is 0.379. The van der Waals surface area contributed by atoms with Crippen LogP contribution in [0.4, 0.5) is 24.8 Å². The number of sulfonamides is 1. The van der Waals surface area contributed by atoms with Gasteiger partial charge in [0.15, 0.2) is 5.03 Å². The molecule has 40 heavy (non-hydrogen) atoms. The summed E-state index contributed by atoms with van der Waals surface area (Å²) in [6, 6.07) is 6.33. The number of nitrogens with zero attached hydrogens (tertiary/aromatic N) is 3. The van der Waals surface area contributed by atoms with Gasteiger partial charge in [-0.15, -0.1) is 0 Å². The molecule has 2 aliphatic rings. The molecule has 2 aromatic heterocycles. The van der Waals surface area contributed by atoms with Gasteiger partial charge in [0.2, 0.25) is 0 Å². The fourth-order valence-corrected chi connectivity index (χ4v) is 5.85. The van der Waals surface area contributed by atoms with Crippen LogP contribution < -0.4 is 9.62 Å². The van der Waals surface area contributed by atoms with E-state index in [0.29, 0.717) is 43.9 Å². The van der Waals surface area contributed by atoms with Crippen molar-refractivity contribution in [3.8, 4) is 0 Å². The molecule has 0 spiro atoms. The second-order valence-electron chi connectivity index (χ2n) is 9.55. The van der Waals surface area contributed by atoms with Crippen LogP contribution >= 0.6 is 0 Å². The van der Waals surface area contributed by atoms with Crippen molar-refractivity contribution in [2.45, 2.75) is 50.2 Å². The fraction of sp³-hybridized carbons (Fsp3) is 0.393. The molecule has 0 bridgehead atoms. The summed E-state index contributed by atoms with van der Waals surface area (Å²) in [5.41, 5.74) is -0.598. The van der Waals surface area contributed by atoms with Crippen LogP contribution in [0.2, 0.25) is 0 Å². The van der Waals surface area contributed by atoms with Crippen molar-refractivity contribution in [1.29, 1.82) is 0 Å². The number of carbonyl (C=O) groups is 1. The number of halogens is 3. The van der Waals surface area contributed by atoms with Crippen LogP contribution in [-0.4, -0.2) is 44.1 Å². The van der Waals surface area contributed by atoms with Gasteiger partial charge in [-0.05, 0) is 68.4 Å². The Morgan fingerprint density at radius 1 is 1.20 bits per heavy atom. The molecule has 0 saturated carbocycles. The average molecular weight is 577 g/mol. The van der Waals surface area contributed by atoms with Crippen LogP contribution in [0.3, 0.4) is 0 Å². The molecule has 12 heteroatoms. The molecule has 1 aliphatic heterocycles. The number of nitrogens with one attached hydrogen (secondary N) is 1. The molecule has 2 aromatic rings. The number of esters is 1. The van der Waals surface area contributed by atoms with Gasteiger partial charge in [-0.3, -0.25) is 9.52 Å².